The van der Waals surface area contributed by atoms with Crippen LogP contribution in [0.4, 0.5) is 0 Å². The second-order valence-corrected chi connectivity index (χ2v) is 7.47. The van der Waals surface area contributed by atoms with E-state index in [1.54, 1.807) is 0 Å². The molecule has 0 radical (unpaired) electrons. The van der Waals surface area contributed by atoms with Crippen LogP contribution in [0.1, 0.15) is 58.8 Å². The Balaban J connectivity index is 2.65. The van der Waals surface area contributed by atoms with Crippen LogP contribution in [-0.4, -0.2) is 0 Å². The molecule has 1 fully saturated rings. The second kappa shape index (κ2) is 7.43. The van der Waals surface area contributed by atoms with Crippen molar-refractivity contribution >= 4 is 0 Å². The van der Waals surface area contributed by atoms with Crippen molar-refractivity contribution in [1.29, 1.82) is 0 Å². The third kappa shape index (κ3) is 5.17. The Hall–Kier alpha value is -1.84. The summed E-state index contributed by atoms with van der Waals surface area (Å²) >= 11 is 0. The Morgan fingerprint density at radius 2 is 2.09 bits per heavy atom. The van der Waals surface area contributed by atoms with Gasteiger partial charge in [-0.15, -0.1) is 31.1 Å². The highest BCUT2D eigenvalue weighted by atomic mass is 14.4. The number of rotatable bonds is 7. The minimum Gasteiger partial charge on any atom is -0.120 e. The summed E-state index contributed by atoms with van der Waals surface area (Å²) in [5.41, 5.74) is 2.29. The zero-order valence-electron chi connectivity index (χ0n) is 14.2. The maximum absolute atomic E-state index is 5.86. The van der Waals surface area contributed by atoms with Crippen molar-refractivity contribution in [2.24, 2.45) is 16.7 Å². The normalized spacial score (nSPS) is 24.6. The van der Waals surface area contributed by atoms with E-state index in [0.29, 0.717) is 6.42 Å². The van der Waals surface area contributed by atoms with Crippen molar-refractivity contribution in [3.63, 3.8) is 0 Å². The quantitative estimate of drug-likeness (QED) is 0.437. The van der Waals surface area contributed by atoms with Gasteiger partial charge in [-0.2, -0.15) is 0 Å². The Labute approximate surface area is 137 Å². The molecular formula is C22H28. The third-order valence-electron chi connectivity index (χ3n) is 4.90. The third-order valence-corrected chi connectivity index (χ3v) is 4.90. The van der Waals surface area contributed by atoms with Crippen molar-refractivity contribution in [2.75, 3.05) is 0 Å². The largest absolute Gasteiger partial charge is 0.120 e. The Morgan fingerprint density at radius 1 is 1.41 bits per heavy atom. The lowest BCUT2D eigenvalue weighted by Gasteiger charge is -2.34. The van der Waals surface area contributed by atoms with Crippen LogP contribution in [-0.2, 0) is 0 Å². The van der Waals surface area contributed by atoms with Gasteiger partial charge in [0.2, 0.25) is 0 Å². The molecule has 0 nitrogen and oxygen atoms in total. The first kappa shape index (κ1) is 18.2. The van der Waals surface area contributed by atoms with Gasteiger partial charge < -0.3 is 0 Å². The van der Waals surface area contributed by atoms with Crippen molar-refractivity contribution in [2.45, 2.75) is 58.8 Å². The first-order chi connectivity index (χ1) is 10.3. The van der Waals surface area contributed by atoms with Gasteiger partial charge in [-0.25, -0.2) is 0 Å². The number of hydrogen-bond acceptors (Lipinski definition) is 0. The Morgan fingerprint density at radius 3 is 2.55 bits per heavy atom. The highest BCUT2D eigenvalue weighted by Gasteiger charge is 2.37. The van der Waals surface area contributed by atoms with E-state index in [1.807, 2.05) is 0 Å². The van der Waals surface area contributed by atoms with Crippen LogP contribution in [0.15, 0.2) is 24.3 Å². The summed E-state index contributed by atoms with van der Waals surface area (Å²) in [4.78, 5) is 0. The summed E-state index contributed by atoms with van der Waals surface area (Å²) in [5, 5.41) is 0. The molecule has 1 aliphatic rings. The maximum Gasteiger partial charge on any atom is 0.0289 e. The number of hydrogen-bond donors (Lipinski definition) is 0. The topological polar surface area (TPSA) is 0 Å². The van der Waals surface area contributed by atoms with Crippen molar-refractivity contribution in [1.82, 2.24) is 0 Å². The fraction of sp³-hybridized carbons (Fsp3) is 0.545. The first-order valence-electron chi connectivity index (χ1n) is 8.01. The molecule has 1 rings (SSSR count). The molecule has 0 aliphatic heterocycles. The Kier molecular flexibility index (Phi) is 6.15. The highest BCUT2D eigenvalue weighted by Crippen LogP contribution is 2.49. The van der Waals surface area contributed by atoms with E-state index in [4.69, 9.17) is 19.3 Å². The SMILES string of the molecule is C#CC(=C)CC(C#C)CCC(C)(C#C)CC1(C)CCC(=C)C1. The van der Waals surface area contributed by atoms with Crippen LogP contribution >= 0.6 is 0 Å². The summed E-state index contributed by atoms with van der Waals surface area (Å²) in [6.07, 6.45) is 23.8. The average Bonchev–Trinajstić information content (AvgIpc) is 2.81. The molecule has 0 heterocycles. The van der Waals surface area contributed by atoms with Crippen molar-refractivity contribution < 1.29 is 0 Å². The average molecular weight is 292 g/mol. The van der Waals surface area contributed by atoms with Gasteiger partial charge in [-0.1, -0.05) is 31.6 Å². The summed E-state index contributed by atoms with van der Waals surface area (Å²) in [5.74, 6) is 8.56. The van der Waals surface area contributed by atoms with Crippen LogP contribution in [0.25, 0.3) is 0 Å². The van der Waals surface area contributed by atoms with Gasteiger partial charge in [-0.05, 0) is 62.9 Å². The maximum atomic E-state index is 5.86. The fourth-order valence-electron chi connectivity index (χ4n) is 3.66. The van der Waals surface area contributed by atoms with Gasteiger partial charge in [0.1, 0.15) is 0 Å². The van der Waals surface area contributed by atoms with Crippen molar-refractivity contribution in [3.8, 4) is 37.0 Å². The minimum absolute atomic E-state index is 0.119. The van der Waals surface area contributed by atoms with Crippen LogP contribution in [0.2, 0.25) is 0 Å². The van der Waals surface area contributed by atoms with Gasteiger partial charge in [0.05, 0.1) is 0 Å². The van der Waals surface area contributed by atoms with Gasteiger partial charge >= 0.3 is 0 Å². The van der Waals surface area contributed by atoms with E-state index < -0.39 is 0 Å². The molecule has 3 unspecified atom stereocenters. The lowest BCUT2D eigenvalue weighted by atomic mass is 9.69. The lowest BCUT2D eigenvalue weighted by molar-refractivity contribution is 0.200. The molecule has 0 bridgehead atoms. The van der Waals surface area contributed by atoms with Gasteiger partial charge in [0, 0.05) is 11.3 Å². The van der Waals surface area contributed by atoms with Gasteiger partial charge in [-0.3, -0.25) is 0 Å². The van der Waals surface area contributed by atoms with E-state index in [2.05, 4.69) is 44.8 Å². The van der Waals surface area contributed by atoms with Crippen LogP contribution in [0.3, 0.4) is 0 Å². The summed E-state index contributed by atoms with van der Waals surface area (Å²) in [6, 6.07) is 0. The molecular weight excluding hydrogens is 264 g/mol. The molecule has 0 heteroatoms. The molecule has 0 aromatic heterocycles. The zero-order valence-corrected chi connectivity index (χ0v) is 14.2. The molecule has 22 heavy (non-hydrogen) atoms. The smallest absolute Gasteiger partial charge is 0.0289 e. The van der Waals surface area contributed by atoms with Crippen molar-refractivity contribution in [3.05, 3.63) is 24.3 Å². The van der Waals surface area contributed by atoms with Gasteiger partial charge in [0.15, 0.2) is 0 Å². The zero-order chi connectivity index (χ0) is 16.8. The predicted molar refractivity (Wildman–Crippen MR) is 96.8 cm³/mol. The van der Waals surface area contributed by atoms with Gasteiger partial charge in [0.25, 0.3) is 0 Å². The molecule has 1 aliphatic carbocycles. The fourth-order valence-corrected chi connectivity index (χ4v) is 3.66. The minimum atomic E-state index is -0.119. The summed E-state index contributed by atoms with van der Waals surface area (Å²) in [7, 11) is 0. The molecule has 0 saturated heterocycles. The molecule has 0 amide bonds. The number of terminal acetylenes is 3. The highest BCUT2D eigenvalue weighted by molar-refractivity contribution is 5.23. The molecule has 0 N–H and O–H groups in total. The molecule has 0 aromatic rings. The lowest BCUT2D eigenvalue weighted by Crippen LogP contribution is -2.25. The monoisotopic (exact) mass is 292 g/mol. The molecule has 116 valence electrons. The van der Waals surface area contributed by atoms with E-state index in [-0.39, 0.29) is 16.7 Å². The Bertz CT molecular complexity index is 556. The summed E-state index contributed by atoms with van der Waals surface area (Å²) in [6.45, 7) is 12.5. The van der Waals surface area contributed by atoms with E-state index in [0.717, 1.165) is 37.7 Å². The second-order valence-electron chi connectivity index (χ2n) is 7.47. The van der Waals surface area contributed by atoms with Crippen LogP contribution in [0.5, 0.6) is 0 Å². The predicted octanol–water partition coefficient (Wildman–Crippen LogP) is 5.37. The number of allylic oxidation sites excluding steroid dienone is 2. The molecule has 0 aromatic carbocycles. The molecule has 1 saturated carbocycles. The van der Waals surface area contributed by atoms with E-state index in [1.165, 1.54) is 12.0 Å². The van der Waals surface area contributed by atoms with E-state index >= 15 is 0 Å². The summed E-state index contributed by atoms with van der Waals surface area (Å²) < 4.78 is 0. The van der Waals surface area contributed by atoms with Crippen LogP contribution < -0.4 is 0 Å². The van der Waals surface area contributed by atoms with Crippen LogP contribution in [0, 0.1) is 53.8 Å². The first-order valence-corrected chi connectivity index (χ1v) is 8.01. The standard InChI is InChI=1S/C22H28/c1-8-18(4)15-20(9-2)12-14-21(6,10-3)17-22(7)13-11-19(5)16-22/h1-3,20H,4-5,11-17H2,6-7H3. The van der Waals surface area contributed by atoms with E-state index in [9.17, 15) is 0 Å². The molecule has 0 spiro atoms. The molecule has 3 atom stereocenters.